The van der Waals surface area contributed by atoms with Crippen LogP contribution in [0.1, 0.15) is 103 Å². The second kappa shape index (κ2) is 14.7. The third kappa shape index (κ3) is 11.3. The normalized spacial score (nSPS) is 11.0. The van der Waals surface area contributed by atoms with Crippen molar-refractivity contribution in [2.45, 2.75) is 110 Å². The molecule has 23 heavy (non-hydrogen) atoms. The van der Waals surface area contributed by atoms with Gasteiger partial charge in [0.15, 0.2) is 12.4 Å². The van der Waals surface area contributed by atoms with Gasteiger partial charge in [-0.3, -0.25) is 0 Å². The Hall–Kier alpha value is -0.850. The highest BCUT2D eigenvalue weighted by Crippen LogP contribution is 2.11. The van der Waals surface area contributed by atoms with E-state index in [9.17, 15) is 0 Å². The highest BCUT2D eigenvalue weighted by Gasteiger charge is 2.02. The first-order valence-electron chi connectivity index (χ1n) is 10.3. The summed E-state index contributed by atoms with van der Waals surface area (Å²) in [6.07, 6.45) is 24.1. The Morgan fingerprint density at radius 2 is 1.26 bits per heavy atom. The maximum Gasteiger partial charge on any atom is 0.171 e. The van der Waals surface area contributed by atoms with E-state index in [2.05, 4.69) is 42.9 Å². The van der Waals surface area contributed by atoms with Crippen molar-refractivity contribution in [3.8, 4) is 0 Å². The number of hydrogen-bond acceptors (Lipinski definition) is 0. The molecule has 0 aliphatic carbocycles. The summed E-state index contributed by atoms with van der Waals surface area (Å²) in [6, 6.07) is 4.48. The molecule has 1 heteroatoms. The lowest BCUT2D eigenvalue weighted by Crippen LogP contribution is -2.33. The number of nitrogens with zero attached hydrogens (tertiary/aromatic N) is 1. The SMILES string of the molecule is CCCCCCCCCCCCC[n+]1cccc(CCCC)c1. The lowest BCUT2D eigenvalue weighted by Gasteiger charge is -2.02. The Morgan fingerprint density at radius 3 is 1.87 bits per heavy atom. The number of hydrogen-bond donors (Lipinski definition) is 0. The molecule has 1 rings (SSSR count). The van der Waals surface area contributed by atoms with Crippen LogP contribution in [0.25, 0.3) is 0 Å². The first-order chi connectivity index (χ1) is 11.4. The number of pyridine rings is 1. The predicted octanol–water partition coefficient (Wildman–Crippen LogP) is 6.63. The molecule has 132 valence electrons. The van der Waals surface area contributed by atoms with Crippen molar-refractivity contribution < 1.29 is 4.57 Å². The highest BCUT2D eigenvalue weighted by atomic mass is 14.9. The minimum atomic E-state index is 1.19. The van der Waals surface area contributed by atoms with Gasteiger partial charge in [-0.1, -0.05) is 78.1 Å². The quantitative estimate of drug-likeness (QED) is 0.252. The molecule has 0 unspecified atom stereocenters. The minimum Gasteiger partial charge on any atom is -0.205 e. The van der Waals surface area contributed by atoms with Gasteiger partial charge < -0.3 is 0 Å². The smallest absolute Gasteiger partial charge is 0.171 e. The van der Waals surface area contributed by atoms with E-state index < -0.39 is 0 Å². The first-order valence-corrected chi connectivity index (χ1v) is 10.3. The maximum absolute atomic E-state index is 2.39. The summed E-state index contributed by atoms with van der Waals surface area (Å²) >= 11 is 0. The summed E-state index contributed by atoms with van der Waals surface area (Å²) in [4.78, 5) is 0. The molecule has 0 spiro atoms. The van der Waals surface area contributed by atoms with Gasteiger partial charge in [-0.2, -0.15) is 0 Å². The zero-order valence-corrected chi connectivity index (χ0v) is 15.9. The Morgan fingerprint density at radius 1 is 0.696 bits per heavy atom. The molecule has 1 heterocycles. The fraction of sp³-hybridized carbons (Fsp3) is 0.773. The average molecular weight is 319 g/mol. The molecular formula is C22H40N+. The summed E-state index contributed by atoms with van der Waals surface area (Å²) in [6.45, 7) is 5.75. The molecule has 0 aliphatic heterocycles. The van der Waals surface area contributed by atoms with E-state index in [0.717, 1.165) is 0 Å². The monoisotopic (exact) mass is 318 g/mol. The van der Waals surface area contributed by atoms with E-state index in [1.807, 2.05) is 0 Å². The molecule has 0 saturated heterocycles. The average Bonchev–Trinajstić information content (AvgIpc) is 2.58. The van der Waals surface area contributed by atoms with Crippen LogP contribution in [0.4, 0.5) is 0 Å². The molecule has 1 nitrogen and oxygen atoms in total. The van der Waals surface area contributed by atoms with Gasteiger partial charge in [0.2, 0.25) is 0 Å². The molecule has 0 fully saturated rings. The molecule has 0 aromatic carbocycles. The molecule has 0 bridgehead atoms. The molecule has 0 aliphatic rings. The molecule has 0 radical (unpaired) electrons. The van der Waals surface area contributed by atoms with Gasteiger partial charge in [0.1, 0.15) is 6.54 Å². The summed E-state index contributed by atoms with van der Waals surface area (Å²) < 4.78 is 2.39. The maximum atomic E-state index is 2.39. The zero-order valence-electron chi connectivity index (χ0n) is 15.9. The molecule has 0 amide bonds. The van der Waals surface area contributed by atoms with E-state index in [1.165, 1.54) is 102 Å². The molecular weight excluding hydrogens is 278 g/mol. The van der Waals surface area contributed by atoms with Gasteiger partial charge >= 0.3 is 0 Å². The van der Waals surface area contributed by atoms with Crippen LogP contribution < -0.4 is 4.57 Å². The van der Waals surface area contributed by atoms with Crippen LogP contribution in [-0.4, -0.2) is 0 Å². The first kappa shape index (κ1) is 20.2. The lowest BCUT2D eigenvalue weighted by atomic mass is 10.1. The van der Waals surface area contributed by atoms with Crippen molar-refractivity contribution >= 4 is 0 Å². The van der Waals surface area contributed by atoms with Gasteiger partial charge in [-0.25, -0.2) is 4.57 Å². The zero-order chi connectivity index (χ0) is 16.6. The Labute approximate surface area is 145 Å². The van der Waals surface area contributed by atoms with Gasteiger partial charge in [-0.05, 0) is 25.3 Å². The molecule has 0 atom stereocenters. The van der Waals surface area contributed by atoms with Crippen LogP contribution in [0, 0.1) is 0 Å². The van der Waals surface area contributed by atoms with Gasteiger partial charge in [-0.15, -0.1) is 0 Å². The van der Waals surface area contributed by atoms with Gasteiger partial charge in [0.25, 0.3) is 0 Å². The van der Waals surface area contributed by atoms with Crippen molar-refractivity contribution in [2.24, 2.45) is 0 Å². The summed E-state index contributed by atoms with van der Waals surface area (Å²) in [7, 11) is 0. The topological polar surface area (TPSA) is 3.88 Å². The van der Waals surface area contributed by atoms with Crippen molar-refractivity contribution in [1.29, 1.82) is 0 Å². The van der Waals surface area contributed by atoms with E-state index in [4.69, 9.17) is 0 Å². The third-order valence-corrected chi connectivity index (χ3v) is 4.76. The molecule has 0 N–H and O–H groups in total. The van der Waals surface area contributed by atoms with Crippen LogP contribution in [0.15, 0.2) is 24.5 Å². The fourth-order valence-corrected chi connectivity index (χ4v) is 3.20. The lowest BCUT2D eigenvalue weighted by molar-refractivity contribution is -0.697. The van der Waals surface area contributed by atoms with Crippen LogP contribution >= 0.6 is 0 Å². The summed E-state index contributed by atoms with van der Waals surface area (Å²) in [5, 5.41) is 0. The molecule has 1 aromatic rings. The number of unbranched alkanes of at least 4 members (excludes halogenated alkanes) is 11. The second-order valence-electron chi connectivity index (χ2n) is 7.09. The minimum absolute atomic E-state index is 1.19. The number of aryl methyl sites for hydroxylation is 2. The Kier molecular flexibility index (Phi) is 12.9. The summed E-state index contributed by atoms with van der Waals surface area (Å²) in [5.41, 5.74) is 1.50. The van der Waals surface area contributed by atoms with Crippen molar-refractivity contribution in [2.75, 3.05) is 0 Å². The van der Waals surface area contributed by atoms with Gasteiger partial charge in [0, 0.05) is 18.1 Å². The van der Waals surface area contributed by atoms with E-state index in [0.29, 0.717) is 0 Å². The van der Waals surface area contributed by atoms with E-state index in [-0.39, 0.29) is 0 Å². The fourth-order valence-electron chi connectivity index (χ4n) is 3.20. The number of aromatic nitrogens is 1. The van der Waals surface area contributed by atoms with Crippen LogP contribution in [-0.2, 0) is 13.0 Å². The van der Waals surface area contributed by atoms with Crippen LogP contribution in [0.3, 0.4) is 0 Å². The third-order valence-electron chi connectivity index (χ3n) is 4.76. The standard InChI is InChI=1S/C22H40N/c1-3-5-7-8-9-10-11-12-13-14-15-19-23-20-16-18-22(21-23)17-6-4-2/h16,18,20-21H,3-15,17,19H2,1-2H3/q+1. The largest absolute Gasteiger partial charge is 0.205 e. The Balaban J connectivity index is 1.96. The molecule has 0 saturated carbocycles. The van der Waals surface area contributed by atoms with Crippen molar-refractivity contribution in [3.05, 3.63) is 30.1 Å². The predicted molar refractivity (Wildman–Crippen MR) is 102 cm³/mol. The highest BCUT2D eigenvalue weighted by molar-refractivity contribution is 5.05. The molecule has 1 aromatic heterocycles. The van der Waals surface area contributed by atoms with Crippen molar-refractivity contribution in [3.63, 3.8) is 0 Å². The van der Waals surface area contributed by atoms with Gasteiger partial charge in [0.05, 0.1) is 0 Å². The Bertz CT molecular complexity index is 372. The van der Waals surface area contributed by atoms with Crippen LogP contribution in [0.2, 0.25) is 0 Å². The number of rotatable bonds is 15. The second-order valence-corrected chi connectivity index (χ2v) is 7.09. The van der Waals surface area contributed by atoms with E-state index in [1.54, 1.807) is 0 Å². The van der Waals surface area contributed by atoms with Crippen LogP contribution in [0.5, 0.6) is 0 Å². The van der Waals surface area contributed by atoms with Crippen molar-refractivity contribution in [1.82, 2.24) is 0 Å². The van der Waals surface area contributed by atoms with E-state index >= 15 is 0 Å². The summed E-state index contributed by atoms with van der Waals surface area (Å²) in [5.74, 6) is 0.